The summed E-state index contributed by atoms with van der Waals surface area (Å²) in [6.45, 7) is 4.56. The third-order valence-corrected chi connectivity index (χ3v) is 6.63. The molecule has 0 bridgehead atoms. The van der Waals surface area contributed by atoms with E-state index in [1.807, 2.05) is 6.20 Å². The fourth-order valence-electron chi connectivity index (χ4n) is 5.08. The van der Waals surface area contributed by atoms with Gasteiger partial charge in [0.1, 0.15) is 6.10 Å². The van der Waals surface area contributed by atoms with E-state index in [9.17, 15) is 9.90 Å². The molecule has 1 atom stereocenters. The number of likely N-dealkylation sites (tertiary alicyclic amines) is 1. The Labute approximate surface area is 169 Å². The zero-order chi connectivity index (χ0) is 20.0. The number of benzene rings is 1. The van der Waals surface area contributed by atoms with Crippen LogP contribution >= 0.6 is 0 Å². The van der Waals surface area contributed by atoms with Crippen molar-refractivity contribution in [2.24, 2.45) is 0 Å². The Balaban J connectivity index is 1.53. The Bertz CT molecular complexity index is 1020. The van der Waals surface area contributed by atoms with Crippen molar-refractivity contribution in [1.82, 2.24) is 20.1 Å². The van der Waals surface area contributed by atoms with Gasteiger partial charge in [0.05, 0.1) is 11.7 Å². The van der Waals surface area contributed by atoms with Crippen molar-refractivity contribution in [3.8, 4) is 0 Å². The third kappa shape index (κ3) is 3.32. The van der Waals surface area contributed by atoms with E-state index < -0.39 is 6.10 Å². The van der Waals surface area contributed by atoms with E-state index in [0.29, 0.717) is 24.9 Å². The van der Waals surface area contributed by atoms with Crippen LogP contribution < -0.4 is 0 Å². The van der Waals surface area contributed by atoms with Crippen LogP contribution in [0.2, 0.25) is 0 Å². The predicted molar refractivity (Wildman–Crippen MR) is 111 cm³/mol. The Kier molecular flexibility index (Phi) is 4.80. The van der Waals surface area contributed by atoms with E-state index in [2.05, 4.69) is 27.3 Å². The first kappa shape index (κ1) is 18.6. The number of aromatic nitrogens is 3. The summed E-state index contributed by atoms with van der Waals surface area (Å²) < 4.78 is 5.60. The molecule has 2 aliphatic heterocycles. The van der Waals surface area contributed by atoms with Gasteiger partial charge >= 0.3 is 0 Å². The molecule has 2 saturated heterocycles. The molecular weight excluding hydrogens is 368 g/mol. The lowest BCUT2D eigenvalue weighted by molar-refractivity contribution is -0.140. The molecule has 3 aromatic rings. The molecule has 0 spiro atoms. The quantitative estimate of drug-likeness (QED) is 0.634. The number of ether oxygens (including phenoxy) is 1. The zero-order valence-corrected chi connectivity index (χ0v) is 16.8. The lowest BCUT2D eigenvalue weighted by Crippen LogP contribution is -2.42. The summed E-state index contributed by atoms with van der Waals surface area (Å²) in [5, 5.41) is 19.3. The van der Waals surface area contributed by atoms with E-state index >= 15 is 0 Å². The molecule has 29 heavy (non-hydrogen) atoms. The number of piperidine rings is 1. The molecule has 3 N–H and O–H groups in total. The molecule has 1 aromatic carbocycles. The maximum absolute atomic E-state index is 12.2. The topological polar surface area (TPSA) is 94.2 Å². The van der Waals surface area contributed by atoms with Crippen LogP contribution in [0, 0.1) is 0 Å². The van der Waals surface area contributed by atoms with Gasteiger partial charge in [-0.1, -0.05) is 0 Å². The van der Waals surface area contributed by atoms with Gasteiger partial charge in [0.15, 0.2) is 0 Å². The highest BCUT2D eigenvalue weighted by atomic mass is 16.5. The average molecular weight is 396 g/mol. The number of H-pyrrole nitrogens is 2. The molecular formula is C22H28N4O3. The molecule has 0 saturated carbocycles. The first-order valence-corrected chi connectivity index (χ1v) is 10.6. The summed E-state index contributed by atoms with van der Waals surface area (Å²) in [7, 11) is 0. The molecule has 5 rings (SSSR count). The smallest absolute Gasteiger partial charge is 0.251 e. The number of aromatic amines is 2. The number of hydrogen-bond acceptors (Lipinski definition) is 4. The van der Waals surface area contributed by atoms with Crippen molar-refractivity contribution < 1.29 is 14.6 Å². The Morgan fingerprint density at radius 3 is 2.66 bits per heavy atom. The second kappa shape index (κ2) is 7.46. The first-order chi connectivity index (χ1) is 14.1. The Morgan fingerprint density at radius 2 is 1.93 bits per heavy atom. The summed E-state index contributed by atoms with van der Waals surface area (Å²) in [5.41, 5.74) is 4.98. The van der Waals surface area contributed by atoms with Gasteiger partial charge in [0.2, 0.25) is 0 Å². The molecule has 154 valence electrons. The van der Waals surface area contributed by atoms with Crippen LogP contribution in [0.25, 0.3) is 21.8 Å². The monoisotopic (exact) mass is 396 g/mol. The summed E-state index contributed by atoms with van der Waals surface area (Å²) in [6, 6.07) is 4.41. The number of nitrogens with zero attached hydrogens (tertiary/aromatic N) is 2. The number of nitrogens with one attached hydrogen (secondary N) is 2. The van der Waals surface area contributed by atoms with Gasteiger partial charge in [-0.05, 0) is 56.2 Å². The van der Waals surface area contributed by atoms with Gasteiger partial charge in [-0.25, -0.2) is 0 Å². The summed E-state index contributed by atoms with van der Waals surface area (Å²) >= 11 is 0. The van der Waals surface area contributed by atoms with Crippen molar-refractivity contribution in [2.75, 3.05) is 26.3 Å². The van der Waals surface area contributed by atoms with Crippen LogP contribution in [0.3, 0.4) is 0 Å². The number of aliphatic hydroxyl groups excluding tert-OH is 1. The average Bonchev–Trinajstić information content (AvgIpc) is 3.35. The number of aliphatic hydroxyl groups is 1. The highest BCUT2D eigenvalue weighted by Gasteiger charge is 2.31. The number of fused-ring (bicyclic) bond motifs is 2. The maximum atomic E-state index is 12.2. The second-order valence-corrected chi connectivity index (χ2v) is 8.47. The van der Waals surface area contributed by atoms with Gasteiger partial charge < -0.3 is 19.7 Å². The molecule has 0 unspecified atom stereocenters. The standard InChI is InChI=1S/C22H28N4O3/c1-13(27)22(28)26-6-2-14(3-7-26)20-17-11-18-16(12-23-25-18)10-19(17)24-21(20)15-4-8-29-9-5-15/h10-15,24,27H,2-9H2,1H3,(H,23,25)/t13-/m1/s1. The lowest BCUT2D eigenvalue weighted by atomic mass is 9.83. The van der Waals surface area contributed by atoms with Crippen LogP contribution in [0.1, 0.15) is 55.7 Å². The number of carbonyl (C=O) groups is 1. The lowest BCUT2D eigenvalue weighted by Gasteiger charge is -2.34. The van der Waals surface area contributed by atoms with Crippen molar-refractivity contribution in [1.29, 1.82) is 0 Å². The number of hydrogen-bond donors (Lipinski definition) is 3. The fourth-order valence-corrected chi connectivity index (χ4v) is 5.08. The summed E-state index contributed by atoms with van der Waals surface area (Å²) in [5.74, 6) is 0.728. The third-order valence-electron chi connectivity index (χ3n) is 6.63. The van der Waals surface area contributed by atoms with E-state index in [0.717, 1.165) is 55.3 Å². The van der Waals surface area contributed by atoms with Crippen LogP contribution in [-0.4, -0.2) is 63.5 Å². The van der Waals surface area contributed by atoms with E-state index in [-0.39, 0.29) is 5.91 Å². The van der Waals surface area contributed by atoms with Crippen molar-refractivity contribution >= 4 is 27.7 Å². The molecule has 2 aliphatic rings. The SMILES string of the molecule is C[C@@H](O)C(=O)N1CCC(c2c(C3CCOCC3)[nH]c3cc4cn[nH]c4cc23)CC1. The second-order valence-electron chi connectivity index (χ2n) is 8.47. The van der Waals surface area contributed by atoms with Crippen LogP contribution in [0.4, 0.5) is 0 Å². The molecule has 0 radical (unpaired) electrons. The normalized spacial score (nSPS) is 20.6. The van der Waals surface area contributed by atoms with E-state index in [1.165, 1.54) is 16.6 Å². The van der Waals surface area contributed by atoms with Crippen molar-refractivity contribution in [2.45, 2.75) is 50.5 Å². The number of carbonyl (C=O) groups excluding carboxylic acids is 1. The van der Waals surface area contributed by atoms with Crippen LogP contribution in [0.5, 0.6) is 0 Å². The molecule has 7 heteroatoms. The minimum absolute atomic E-state index is 0.161. The minimum Gasteiger partial charge on any atom is -0.384 e. The summed E-state index contributed by atoms with van der Waals surface area (Å²) in [4.78, 5) is 17.7. The van der Waals surface area contributed by atoms with Crippen LogP contribution in [0.15, 0.2) is 18.3 Å². The van der Waals surface area contributed by atoms with E-state index in [1.54, 1.807) is 11.8 Å². The fraction of sp³-hybridized carbons (Fsp3) is 0.545. The Hall–Kier alpha value is -2.38. The molecule has 0 aliphatic carbocycles. The van der Waals surface area contributed by atoms with E-state index in [4.69, 9.17) is 4.74 Å². The highest BCUT2D eigenvalue weighted by Crippen LogP contribution is 2.42. The van der Waals surface area contributed by atoms with Gasteiger partial charge in [-0.2, -0.15) is 5.10 Å². The summed E-state index contributed by atoms with van der Waals surface area (Å²) in [6.07, 6.45) is 4.86. The molecule has 2 aromatic heterocycles. The largest absolute Gasteiger partial charge is 0.384 e. The molecule has 4 heterocycles. The van der Waals surface area contributed by atoms with Crippen LogP contribution in [-0.2, 0) is 9.53 Å². The maximum Gasteiger partial charge on any atom is 0.251 e. The molecule has 7 nitrogen and oxygen atoms in total. The molecule has 2 fully saturated rings. The van der Waals surface area contributed by atoms with Gasteiger partial charge in [0, 0.05) is 54.2 Å². The highest BCUT2D eigenvalue weighted by molar-refractivity contribution is 5.97. The van der Waals surface area contributed by atoms with Gasteiger partial charge in [-0.15, -0.1) is 0 Å². The van der Waals surface area contributed by atoms with Crippen molar-refractivity contribution in [3.05, 3.63) is 29.6 Å². The minimum atomic E-state index is -0.925. The van der Waals surface area contributed by atoms with Gasteiger partial charge in [-0.3, -0.25) is 9.89 Å². The number of amides is 1. The Morgan fingerprint density at radius 1 is 1.17 bits per heavy atom. The zero-order valence-electron chi connectivity index (χ0n) is 16.8. The first-order valence-electron chi connectivity index (χ1n) is 10.6. The predicted octanol–water partition coefficient (Wildman–Crippen LogP) is 3.03. The number of rotatable bonds is 3. The van der Waals surface area contributed by atoms with Crippen molar-refractivity contribution in [3.63, 3.8) is 0 Å². The molecule has 1 amide bonds. The van der Waals surface area contributed by atoms with Gasteiger partial charge in [0.25, 0.3) is 5.91 Å².